The molecule has 112 valence electrons. The van der Waals surface area contributed by atoms with Crippen LogP contribution in [0.15, 0.2) is 24.3 Å². The first-order valence-corrected chi connectivity index (χ1v) is 9.04. The minimum absolute atomic E-state index is 0.158. The molecular formula is C17H27NOS. The van der Waals surface area contributed by atoms with Gasteiger partial charge in [-0.05, 0) is 39.3 Å². The lowest BCUT2D eigenvalue weighted by molar-refractivity contribution is 0.494. The molecule has 1 aliphatic rings. The second-order valence-electron chi connectivity index (χ2n) is 5.97. The van der Waals surface area contributed by atoms with E-state index in [9.17, 15) is 4.21 Å². The van der Waals surface area contributed by atoms with Crippen molar-refractivity contribution in [3.63, 3.8) is 0 Å². The fourth-order valence-corrected chi connectivity index (χ4v) is 5.15. The summed E-state index contributed by atoms with van der Waals surface area (Å²) in [6.07, 6.45) is 6.09. The minimum atomic E-state index is -0.750. The maximum Gasteiger partial charge on any atom is 0.0517 e. The normalized spacial score (nSPS) is 21.4. The Labute approximate surface area is 125 Å². The summed E-state index contributed by atoms with van der Waals surface area (Å²) in [5.74, 6) is 0. The first-order chi connectivity index (χ1) is 9.63. The maximum atomic E-state index is 12.8. The summed E-state index contributed by atoms with van der Waals surface area (Å²) in [5, 5.41) is 3.93. The van der Waals surface area contributed by atoms with Crippen molar-refractivity contribution in [1.82, 2.24) is 5.32 Å². The Balaban J connectivity index is 2.09. The minimum Gasteiger partial charge on any atom is -0.312 e. The Morgan fingerprint density at radius 2 is 1.75 bits per heavy atom. The lowest BCUT2D eigenvalue weighted by Gasteiger charge is -2.29. The standard InChI is InChI=1S/C17H27NOS/c1-13-9-11-15(12-10-13)17(18-3)14(2)20(19)16-7-5-4-6-8-16/h9-12,14,16-18H,4-8H2,1-3H3. The summed E-state index contributed by atoms with van der Waals surface area (Å²) >= 11 is 0. The van der Waals surface area contributed by atoms with Crippen LogP contribution in [0.25, 0.3) is 0 Å². The monoisotopic (exact) mass is 293 g/mol. The van der Waals surface area contributed by atoms with Crippen LogP contribution in [0.4, 0.5) is 0 Å². The van der Waals surface area contributed by atoms with Crippen molar-refractivity contribution in [2.24, 2.45) is 0 Å². The summed E-state index contributed by atoms with van der Waals surface area (Å²) in [7, 11) is 1.22. The molecule has 1 fully saturated rings. The molecule has 2 rings (SSSR count). The van der Waals surface area contributed by atoms with E-state index in [2.05, 4.69) is 43.4 Å². The van der Waals surface area contributed by atoms with Crippen LogP contribution in [0, 0.1) is 6.92 Å². The van der Waals surface area contributed by atoms with Crippen LogP contribution in [0.2, 0.25) is 0 Å². The van der Waals surface area contributed by atoms with E-state index in [1.54, 1.807) is 0 Å². The van der Waals surface area contributed by atoms with Gasteiger partial charge in [0.25, 0.3) is 0 Å². The highest BCUT2D eigenvalue weighted by molar-refractivity contribution is 7.86. The highest BCUT2D eigenvalue weighted by atomic mass is 32.2. The van der Waals surface area contributed by atoms with Crippen LogP contribution in [0.5, 0.6) is 0 Å². The molecule has 0 spiro atoms. The van der Waals surface area contributed by atoms with Gasteiger partial charge < -0.3 is 5.32 Å². The van der Waals surface area contributed by atoms with Gasteiger partial charge in [0.2, 0.25) is 0 Å². The van der Waals surface area contributed by atoms with E-state index in [-0.39, 0.29) is 11.3 Å². The van der Waals surface area contributed by atoms with Crippen molar-refractivity contribution in [3.8, 4) is 0 Å². The smallest absolute Gasteiger partial charge is 0.0517 e. The van der Waals surface area contributed by atoms with Crippen LogP contribution < -0.4 is 5.32 Å². The van der Waals surface area contributed by atoms with Gasteiger partial charge in [-0.2, -0.15) is 0 Å². The highest BCUT2D eigenvalue weighted by Crippen LogP contribution is 2.28. The molecule has 20 heavy (non-hydrogen) atoms. The van der Waals surface area contributed by atoms with E-state index in [4.69, 9.17) is 0 Å². The topological polar surface area (TPSA) is 29.1 Å². The number of rotatable bonds is 5. The van der Waals surface area contributed by atoms with Crippen molar-refractivity contribution in [2.45, 2.75) is 62.5 Å². The number of hydrogen-bond donors (Lipinski definition) is 1. The van der Waals surface area contributed by atoms with Gasteiger partial charge in [-0.25, -0.2) is 0 Å². The predicted molar refractivity (Wildman–Crippen MR) is 87.5 cm³/mol. The Morgan fingerprint density at radius 1 is 1.15 bits per heavy atom. The molecule has 1 aromatic carbocycles. The van der Waals surface area contributed by atoms with Gasteiger partial charge in [0.05, 0.1) is 5.25 Å². The lowest BCUT2D eigenvalue weighted by atomic mass is 10.0. The Hall–Kier alpha value is -0.670. The van der Waals surface area contributed by atoms with Gasteiger partial charge in [-0.3, -0.25) is 4.21 Å². The molecule has 1 aliphatic carbocycles. The van der Waals surface area contributed by atoms with Gasteiger partial charge in [-0.1, -0.05) is 49.1 Å². The molecule has 0 radical (unpaired) electrons. The van der Waals surface area contributed by atoms with Crippen molar-refractivity contribution in [3.05, 3.63) is 35.4 Å². The highest BCUT2D eigenvalue weighted by Gasteiger charge is 2.29. The van der Waals surface area contributed by atoms with Crippen molar-refractivity contribution < 1.29 is 4.21 Å². The maximum absolute atomic E-state index is 12.8. The fourth-order valence-electron chi connectivity index (χ4n) is 3.18. The third-order valence-electron chi connectivity index (χ3n) is 4.46. The average molecular weight is 293 g/mol. The zero-order valence-electron chi connectivity index (χ0n) is 12.9. The zero-order chi connectivity index (χ0) is 14.5. The second kappa shape index (κ2) is 7.37. The second-order valence-corrected chi connectivity index (χ2v) is 8.04. The Morgan fingerprint density at radius 3 is 2.30 bits per heavy atom. The molecule has 1 aromatic rings. The molecule has 0 amide bonds. The number of nitrogens with one attached hydrogen (secondary N) is 1. The van der Waals surface area contributed by atoms with Crippen LogP contribution in [0.3, 0.4) is 0 Å². The molecule has 3 atom stereocenters. The van der Waals surface area contributed by atoms with Crippen LogP contribution >= 0.6 is 0 Å². The molecule has 0 aromatic heterocycles. The fraction of sp³-hybridized carbons (Fsp3) is 0.647. The van der Waals surface area contributed by atoms with Gasteiger partial charge in [-0.15, -0.1) is 0 Å². The molecular weight excluding hydrogens is 266 g/mol. The molecule has 1 saturated carbocycles. The quantitative estimate of drug-likeness (QED) is 0.896. The zero-order valence-corrected chi connectivity index (χ0v) is 13.7. The van der Waals surface area contributed by atoms with Crippen LogP contribution in [-0.2, 0) is 10.8 Å². The average Bonchev–Trinajstić information content (AvgIpc) is 2.50. The molecule has 3 heteroatoms. The Bertz CT molecular complexity index is 437. The third kappa shape index (κ3) is 3.70. The molecule has 2 nitrogen and oxygen atoms in total. The van der Waals surface area contributed by atoms with Crippen molar-refractivity contribution >= 4 is 10.8 Å². The molecule has 0 saturated heterocycles. The lowest BCUT2D eigenvalue weighted by Crippen LogP contribution is -2.35. The van der Waals surface area contributed by atoms with E-state index in [0.717, 1.165) is 12.8 Å². The summed E-state index contributed by atoms with van der Waals surface area (Å²) < 4.78 is 12.8. The number of hydrogen-bond acceptors (Lipinski definition) is 2. The summed E-state index contributed by atoms with van der Waals surface area (Å²) in [4.78, 5) is 0. The van der Waals surface area contributed by atoms with E-state index in [1.165, 1.54) is 30.4 Å². The van der Waals surface area contributed by atoms with Gasteiger partial charge in [0, 0.05) is 22.1 Å². The van der Waals surface area contributed by atoms with Crippen molar-refractivity contribution in [1.29, 1.82) is 0 Å². The summed E-state index contributed by atoms with van der Waals surface area (Å²) in [6.45, 7) is 4.23. The largest absolute Gasteiger partial charge is 0.312 e. The van der Waals surface area contributed by atoms with E-state index < -0.39 is 10.8 Å². The molecule has 0 bridgehead atoms. The van der Waals surface area contributed by atoms with E-state index >= 15 is 0 Å². The van der Waals surface area contributed by atoms with Crippen LogP contribution in [-0.4, -0.2) is 21.8 Å². The van der Waals surface area contributed by atoms with Gasteiger partial charge in [0.1, 0.15) is 0 Å². The summed E-state index contributed by atoms with van der Waals surface area (Å²) in [5.41, 5.74) is 2.51. The molecule has 3 unspecified atom stereocenters. The van der Waals surface area contributed by atoms with Crippen LogP contribution in [0.1, 0.15) is 56.2 Å². The number of benzene rings is 1. The summed E-state index contributed by atoms with van der Waals surface area (Å²) in [6, 6.07) is 8.76. The third-order valence-corrected chi connectivity index (χ3v) is 6.60. The van der Waals surface area contributed by atoms with Crippen molar-refractivity contribution in [2.75, 3.05) is 7.05 Å². The van der Waals surface area contributed by atoms with Gasteiger partial charge in [0.15, 0.2) is 0 Å². The SMILES string of the molecule is CNC(c1ccc(C)cc1)C(C)S(=O)C1CCCCC1. The molecule has 0 aliphatic heterocycles. The first kappa shape index (κ1) is 15.7. The molecule has 0 heterocycles. The van der Waals surface area contributed by atoms with E-state index in [1.807, 2.05) is 7.05 Å². The molecule has 1 N–H and O–H groups in total. The predicted octanol–water partition coefficient (Wildman–Crippen LogP) is 3.73. The first-order valence-electron chi connectivity index (χ1n) is 7.76. The van der Waals surface area contributed by atoms with Gasteiger partial charge >= 0.3 is 0 Å². The van der Waals surface area contributed by atoms with E-state index in [0.29, 0.717) is 5.25 Å². The number of aryl methyl sites for hydroxylation is 1. The Kier molecular flexibility index (Phi) is 5.79.